The maximum absolute atomic E-state index is 10.3. The Morgan fingerprint density at radius 1 is 0.255 bits per heavy atom. The van der Waals surface area contributed by atoms with Gasteiger partial charge in [-0.25, -0.2) is 20.8 Å². The molecule has 0 aliphatic carbocycles. The Hall–Kier alpha value is -5.00. The number of aromatic hydroxyl groups is 6. The zero-order valence-corrected chi connectivity index (χ0v) is 65.1. The third-order valence-corrected chi connectivity index (χ3v) is 14.4. The number of phenols is 6. The Kier molecular flexibility index (Phi) is 68.8. The molecule has 0 amide bonds. The van der Waals surface area contributed by atoms with Gasteiger partial charge in [-0.1, -0.05) is 106 Å². The standard InChI is InChI=1S/3C22H32N2O2.2H2NO3.6Ni.6H2O/c3*1-15-9-17(3)21(25)19(11-15)13-23(5)7-8-24(6)14-20-12-16(2)10-18(4)22(20)26;2*2-1(3)4;;;;;;;;;;;;/h3*9-12,25-26H,7-8,13-14H2,1-6H3;2*(H2,2,3,4);;;;;;;6*1H2/q;;;2*+1;;;;3*+2;;;;;;. The van der Waals surface area contributed by atoms with Crippen molar-refractivity contribution in [1.29, 1.82) is 0 Å². The Bertz CT molecular complexity index is 2690. The molecule has 6 aromatic rings. The van der Waals surface area contributed by atoms with Crippen LogP contribution in [0.4, 0.5) is 0 Å². The largest absolute Gasteiger partial charge is 2.00 e. The number of hydrogen-bond acceptors (Lipinski definition) is 14. The van der Waals surface area contributed by atoms with Gasteiger partial charge in [-0.05, 0) is 159 Å². The molecule has 0 spiro atoms. The van der Waals surface area contributed by atoms with E-state index in [0.29, 0.717) is 34.5 Å². The predicted molar refractivity (Wildman–Crippen MR) is 360 cm³/mol. The SMILES string of the molecule is Cc1cc(C)c(O)c(CN(C)CCN(C)Cc2cc(C)cc(C)c2O)c1.Cc1cc(C)c(O)c(CN(C)CCN(C)Cc2cc(C)cc(C)c2O)c1.Cc1cc(C)c(O)c(CN(C)CCN(C)Cc2cc(C)cc(C)c2O)c1.O.O.O.O.O.O.O=[N+](O)O.O=[N+](O)O.[Ni+2].[Ni+2].[Ni+2].[Ni].[Ni].[Ni]. The smallest absolute Gasteiger partial charge is 0.507 e. The summed E-state index contributed by atoms with van der Waals surface area (Å²) in [5.41, 5.74) is 18.4. The van der Waals surface area contributed by atoms with Gasteiger partial charge in [-0.15, -0.1) is 0 Å². The van der Waals surface area contributed by atoms with Gasteiger partial charge in [0.25, 0.3) is 0 Å². The number of rotatable bonds is 21. The molecule has 98 heavy (non-hydrogen) atoms. The molecule has 0 radical (unpaired) electrons. The van der Waals surface area contributed by atoms with E-state index in [-0.39, 0.29) is 132 Å². The monoisotopic (exact) mass is 1650 g/mol. The molecule has 0 unspecified atom stereocenters. The van der Waals surface area contributed by atoms with Crippen molar-refractivity contribution in [2.75, 3.05) is 81.6 Å². The summed E-state index contributed by atoms with van der Waals surface area (Å²) in [6, 6.07) is 24.3. The van der Waals surface area contributed by atoms with Gasteiger partial charge in [0.2, 0.25) is 0 Å². The van der Waals surface area contributed by atoms with Crippen LogP contribution in [0.15, 0.2) is 72.8 Å². The van der Waals surface area contributed by atoms with Gasteiger partial charge in [0, 0.05) is 161 Å². The Morgan fingerprint density at radius 3 is 0.439 bits per heavy atom. The first-order valence-corrected chi connectivity index (χ1v) is 28.5. The average Bonchev–Trinajstić information content (AvgIpc) is 0.899. The van der Waals surface area contributed by atoms with E-state index in [9.17, 15) is 30.6 Å². The second kappa shape index (κ2) is 57.6. The van der Waals surface area contributed by atoms with Crippen molar-refractivity contribution in [2.45, 2.75) is 122 Å². The summed E-state index contributed by atoms with van der Waals surface area (Å²) in [6.07, 6.45) is 0. The fraction of sp³-hybridized carbons (Fsp3) is 0.455. The molecule has 0 bridgehead atoms. The molecule has 26 nitrogen and oxygen atoms in total. The molecule has 0 aliphatic rings. The molecule has 0 saturated carbocycles. The molecule has 0 fully saturated rings. The van der Waals surface area contributed by atoms with Crippen LogP contribution in [0.2, 0.25) is 0 Å². The van der Waals surface area contributed by atoms with Gasteiger partial charge in [0.1, 0.15) is 44.3 Å². The summed E-state index contributed by atoms with van der Waals surface area (Å²) in [6.45, 7) is 33.6. The van der Waals surface area contributed by atoms with Crippen LogP contribution >= 0.6 is 0 Å². The van der Waals surface area contributed by atoms with Crippen molar-refractivity contribution in [1.82, 2.24) is 29.4 Å². The zero-order chi connectivity index (χ0) is 65.4. The normalized spacial score (nSPS) is 9.67. The van der Waals surface area contributed by atoms with Crippen LogP contribution in [0.25, 0.3) is 0 Å². The molecule has 576 valence electrons. The number of benzene rings is 6. The van der Waals surface area contributed by atoms with E-state index in [1.165, 1.54) is 33.4 Å². The van der Waals surface area contributed by atoms with Gasteiger partial charge in [0.05, 0.1) is 0 Å². The third kappa shape index (κ3) is 43.6. The van der Waals surface area contributed by atoms with Crippen molar-refractivity contribution < 1.29 is 193 Å². The van der Waals surface area contributed by atoms with Crippen LogP contribution in [0.1, 0.15) is 100 Å². The van der Waals surface area contributed by atoms with Crippen LogP contribution in [-0.2, 0) is 138 Å². The first-order chi connectivity index (χ1) is 40.0. The molecule has 6 aromatic carbocycles. The molecule has 0 atom stereocenters. The molecule has 32 heteroatoms. The van der Waals surface area contributed by atoms with Gasteiger partial charge in [-0.3, -0.25) is 0 Å². The van der Waals surface area contributed by atoms with Crippen LogP contribution in [0, 0.1) is 92.9 Å². The molecule has 6 rings (SSSR count). The van der Waals surface area contributed by atoms with Crippen molar-refractivity contribution in [3.63, 3.8) is 0 Å². The Balaban J connectivity index is -0.000000115. The molecule has 0 aliphatic heterocycles. The van der Waals surface area contributed by atoms with E-state index in [1.807, 2.05) is 77.9 Å². The first kappa shape index (κ1) is 117. The van der Waals surface area contributed by atoms with Crippen LogP contribution in [0.3, 0.4) is 0 Å². The summed E-state index contributed by atoms with van der Waals surface area (Å²) < 4.78 is 0. The quantitative estimate of drug-likeness (QED) is 0.0300. The second-order valence-electron chi connectivity index (χ2n) is 23.5. The van der Waals surface area contributed by atoms with E-state index in [0.717, 1.165) is 145 Å². The van der Waals surface area contributed by atoms with E-state index in [1.54, 1.807) is 0 Å². The maximum Gasteiger partial charge on any atom is 2.00 e. The van der Waals surface area contributed by atoms with Crippen molar-refractivity contribution in [2.24, 2.45) is 0 Å². The minimum atomic E-state index is -1.25. The molecule has 22 N–H and O–H groups in total. The number of hydrogen-bond donors (Lipinski definition) is 10. The first-order valence-electron chi connectivity index (χ1n) is 28.5. The third-order valence-electron chi connectivity index (χ3n) is 14.4. The van der Waals surface area contributed by atoms with Crippen molar-refractivity contribution >= 4 is 0 Å². The molecule has 0 saturated heterocycles. The number of phenolic OH excluding ortho intramolecular Hbond substituents is 6. The van der Waals surface area contributed by atoms with Gasteiger partial charge >= 0.3 is 59.6 Å². The molecule has 0 aromatic heterocycles. The minimum Gasteiger partial charge on any atom is -0.507 e. The fourth-order valence-electron chi connectivity index (χ4n) is 10.3. The van der Waals surface area contributed by atoms with Crippen LogP contribution in [0.5, 0.6) is 34.5 Å². The number of likely N-dealkylation sites (N-methyl/N-ethyl adjacent to an activating group) is 6. The van der Waals surface area contributed by atoms with E-state index >= 15 is 0 Å². The average molecular weight is 1660 g/mol. The van der Waals surface area contributed by atoms with Gasteiger partial charge in [0.15, 0.2) is 0 Å². The number of aryl methyl sites for hydroxylation is 12. The second-order valence-corrected chi connectivity index (χ2v) is 23.5. The van der Waals surface area contributed by atoms with Gasteiger partial charge < -0.3 is 92.9 Å². The zero-order valence-electron chi connectivity index (χ0n) is 59.2. The summed E-state index contributed by atoms with van der Waals surface area (Å²) in [4.78, 5) is 30.2. The summed E-state index contributed by atoms with van der Waals surface area (Å²) >= 11 is 0. The maximum atomic E-state index is 10.3. The van der Waals surface area contributed by atoms with Gasteiger partial charge in [-0.2, -0.15) is 0 Å². The Labute approximate surface area is 639 Å². The number of nitrogens with zero attached hydrogens (tertiary/aromatic N) is 8. The van der Waals surface area contributed by atoms with Crippen molar-refractivity contribution in [3.05, 3.63) is 183 Å². The van der Waals surface area contributed by atoms with Crippen LogP contribution in [-0.4, -0.2) is 205 Å². The minimum absolute atomic E-state index is 0. The Morgan fingerprint density at radius 2 is 0.347 bits per heavy atom. The molecular weight excluding hydrogens is 1540 g/mol. The molecule has 0 heterocycles. The summed E-state index contributed by atoms with van der Waals surface area (Å²) in [7, 11) is 12.4. The molecular formula is C66H112N8Ni6O18+8. The van der Waals surface area contributed by atoms with E-state index in [4.69, 9.17) is 30.6 Å². The topological polar surface area (TPSA) is 451 Å². The summed E-state index contributed by atoms with van der Waals surface area (Å²) in [5, 5.41) is 86.6. The summed E-state index contributed by atoms with van der Waals surface area (Å²) in [5.74, 6) is 2.39. The van der Waals surface area contributed by atoms with E-state index in [2.05, 4.69) is 150 Å². The fourth-order valence-corrected chi connectivity index (χ4v) is 10.3. The van der Waals surface area contributed by atoms with Crippen molar-refractivity contribution in [3.8, 4) is 34.5 Å². The van der Waals surface area contributed by atoms with E-state index < -0.39 is 10.2 Å². The van der Waals surface area contributed by atoms with Crippen LogP contribution < -0.4 is 0 Å². The predicted octanol–water partition coefficient (Wildman–Crippen LogP) is 5.81.